The quantitative estimate of drug-likeness (QED) is 0.669. The van der Waals surface area contributed by atoms with Gasteiger partial charge in [-0.05, 0) is 25.1 Å². The van der Waals surface area contributed by atoms with E-state index in [1.807, 2.05) is 6.92 Å². The summed E-state index contributed by atoms with van der Waals surface area (Å²) >= 11 is 3.05. The molecule has 0 aliphatic carbocycles. The number of benzene rings is 1. The maximum Gasteiger partial charge on any atom is 0.132 e. The van der Waals surface area contributed by atoms with Crippen molar-refractivity contribution in [2.24, 2.45) is 5.84 Å². The van der Waals surface area contributed by atoms with Gasteiger partial charge in [0.05, 0.1) is 11.7 Å². The van der Waals surface area contributed by atoms with Crippen LogP contribution in [-0.2, 0) is 6.54 Å². The summed E-state index contributed by atoms with van der Waals surface area (Å²) in [7, 11) is 0. The van der Waals surface area contributed by atoms with E-state index in [-0.39, 0.29) is 5.56 Å². The molecule has 19 heavy (non-hydrogen) atoms. The van der Waals surface area contributed by atoms with Gasteiger partial charge in [-0.25, -0.2) is 14.2 Å². The lowest BCUT2D eigenvalue weighted by Crippen LogP contribution is -2.32. The lowest BCUT2D eigenvalue weighted by atomic mass is 10.0. The van der Waals surface area contributed by atoms with Gasteiger partial charge in [-0.15, -0.1) is 0 Å². The SMILES string of the molecule is CCn1nccc1C(NN)c1c(F)cc(Br)cc1F. The first-order valence-corrected chi connectivity index (χ1v) is 6.50. The van der Waals surface area contributed by atoms with E-state index in [9.17, 15) is 8.78 Å². The first kappa shape index (κ1) is 14.1. The Bertz CT molecular complexity index is 562. The van der Waals surface area contributed by atoms with Crippen molar-refractivity contribution in [3.63, 3.8) is 0 Å². The van der Waals surface area contributed by atoms with Crippen LogP contribution in [0, 0.1) is 11.6 Å². The fourth-order valence-electron chi connectivity index (χ4n) is 2.00. The van der Waals surface area contributed by atoms with Crippen molar-refractivity contribution in [2.45, 2.75) is 19.5 Å². The van der Waals surface area contributed by atoms with Gasteiger partial charge in [-0.3, -0.25) is 10.5 Å². The zero-order valence-electron chi connectivity index (χ0n) is 10.2. The molecule has 0 radical (unpaired) electrons. The summed E-state index contributed by atoms with van der Waals surface area (Å²) in [6, 6.07) is 3.29. The van der Waals surface area contributed by atoms with E-state index < -0.39 is 17.7 Å². The minimum atomic E-state index is -0.796. The van der Waals surface area contributed by atoms with Crippen molar-refractivity contribution in [2.75, 3.05) is 0 Å². The van der Waals surface area contributed by atoms with Crippen LogP contribution in [0.5, 0.6) is 0 Å². The highest BCUT2D eigenvalue weighted by molar-refractivity contribution is 9.10. The third kappa shape index (κ3) is 2.68. The molecule has 102 valence electrons. The fraction of sp³-hybridized carbons (Fsp3) is 0.250. The molecule has 7 heteroatoms. The highest BCUT2D eigenvalue weighted by Crippen LogP contribution is 2.28. The molecule has 1 unspecified atom stereocenters. The number of hydrogen-bond acceptors (Lipinski definition) is 3. The molecule has 1 atom stereocenters. The molecule has 2 rings (SSSR count). The van der Waals surface area contributed by atoms with E-state index in [0.29, 0.717) is 16.7 Å². The first-order valence-electron chi connectivity index (χ1n) is 5.70. The van der Waals surface area contributed by atoms with Crippen LogP contribution >= 0.6 is 15.9 Å². The molecule has 0 fully saturated rings. The van der Waals surface area contributed by atoms with Crippen molar-refractivity contribution in [1.29, 1.82) is 0 Å². The summed E-state index contributed by atoms with van der Waals surface area (Å²) in [5.74, 6) is 4.12. The Morgan fingerprint density at radius 2 is 2.05 bits per heavy atom. The van der Waals surface area contributed by atoms with Crippen LogP contribution in [0.25, 0.3) is 0 Å². The second-order valence-electron chi connectivity index (χ2n) is 3.95. The van der Waals surface area contributed by atoms with E-state index in [4.69, 9.17) is 5.84 Å². The predicted octanol–water partition coefficient (Wildman–Crippen LogP) is 2.50. The molecule has 3 N–H and O–H groups in total. The highest BCUT2D eigenvalue weighted by atomic mass is 79.9. The van der Waals surface area contributed by atoms with Gasteiger partial charge in [0.25, 0.3) is 0 Å². The standard InChI is InChI=1S/C12H13BrF2N4/c1-2-19-10(3-4-17-19)12(18-16)11-8(14)5-7(13)6-9(11)15/h3-6,12,18H,2,16H2,1H3. The number of nitrogens with zero attached hydrogens (tertiary/aromatic N) is 2. The van der Waals surface area contributed by atoms with Gasteiger partial charge < -0.3 is 0 Å². The summed E-state index contributed by atoms with van der Waals surface area (Å²) in [4.78, 5) is 0. The molecule has 0 saturated carbocycles. The van der Waals surface area contributed by atoms with Crippen molar-refractivity contribution in [3.8, 4) is 0 Å². The van der Waals surface area contributed by atoms with Crippen LogP contribution in [0.4, 0.5) is 8.78 Å². The summed E-state index contributed by atoms with van der Waals surface area (Å²) < 4.78 is 29.9. The molecule has 0 saturated heterocycles. The monoisotopic (exact) mass is 330 g/mol. The zero-order chi connectivity index (χ0) is 14.0. The number of nitrogens with two attached hydrogens (primary N) is 1. The molecule has 0 aliphatic rings. The van der Waals surface area contributed by atoms with Gasteiger partial charge in [0.15, 0.2) is 0 Å². The third-order valence-electron chi connectivity index (χ3n) is 2.84. The van der Waals surface area contributed by atoms with Crippen molar-refractivity contribution in [3.05, 3.63) is 51.8 Å². The number of aryl methyl sites for hydroxylation is 1. The normalized spacial score (nSPS) is 12.7. The molecule has 0 amide bonds. The second kappa shape index (κ2) is 5.77. The Balaban J connectivity index is 2.54. The minimum absolute atomic E-state index is 0.124. The Morgan fingerprint density at radius 3 is 2.58 bits per heavy atom. The Hall–Kier alpha value is -1.31. The molecule has 2 aromatic rings. The van der Waals surface area contributed by atoms with Crippen LogP contribution in [0.3, 0.4) is 0 Å². The average molecular weight is 331 g/mol. The van der Waals surface area contributed by atoms with Crippen LogP contribution in [-0.4, -0.2) is 9.78 Å². The number of rotatable bonds is 4. The van der Waals surface area contributed by atoms with Gasteiger partial charge in [-0.1, -0.05) is 15.9 Å². The van der Waals surface area contributed by atoms with Crippen molar-refractivity contribution >= 4 is 15.9 Å². The zero-order valence-corrected chi connectivity index (χ0v) is 11.8. The van der Waals surface area contributed by atoms with Crippen molar-refractivity contribution in [1.82, 2.24) is 15.2 Å². The fourth-order valence-corrected chi connectivity index (χ4v) is 2.40. The largest absolute Gasteiger partial charge is 0.271 e. The number of hydrogen-bond donors (Lipinski definition) is 2. The lowest BCUT2D eigenvalue weighted by molar-refractivity contribution is 0.483. The highest BCUT2D eigenvalue weighted by Gasteiger charge is 2.24. The van der Waals surface area contributed by atoms with Gasteiger partial charge in [0, 0.05) is 22.8 Å². The van der Waals surface area contributed by atoms with Crippen LogP contribution < -0.4 is 11.3 Å². The van der Waals surface area contributed by atoms with Gasteiger partial charge >= 0.3 is 0 Å². The average Bonchev–Trinajstić information content (AvgIpc) is 2.81. The van der Waals surface area contributed by atoms with Crippen LogP contribution in [0.2, 0.25) is 0 Å². The number of halogens is 3. The number of hydrazine groups is 1. The van der Waals surface area contributed by atoms with Crippen LogP contribution in [0.1, 0.15) is 24.2 Å². The van der Waals surface area contributed by atoms with E-state index in [1.54, 1.807) is 16.9 Å². The molecule has 0 aliphatic heterocycles. The molecule has 0 bridgehead atoms. The summed E-state index contributed by atoms with van der Waals surface area (Å²) in [6.45, 7) is 2.47. The second-order valence-corrected chi connectivity index (χ2v) is 4.87. The third-order valence-corrected chi connectivity index (χ3v) is 3.30. The maximum atomic E-state index is 14.0. The first-order chi connectivity index (χ1) is 9.08. The molecule has 1 heterocycles. The van der Waals surface area contributed by atoms with E-state index in [2.05, 4.69) is 26.5 Å². The Labute approximate surface area is 117 Å². The lowest BCUT2D eigenvalue weighted by Gasteiger charge is -2.19. The summed E-state index contributed by atoms with van der Waals surface area (Å²) in [6.07, 6.45) is 1.57. The minimum Gasteiger partial charge on any atom is -0.271 e. The predicted molar refractivity (Wildman–Crippen MR) is 71.1 cm³/mol. The van der Waals surface area contributed by atoms with E-state index >= 15 is 0 Å². The van der Waals surface area contributed by atoms with Gasteiger partial charge in [-0.2, -0.15) is 5.10 Å². The summed E-state index contributed by atoms with van der Waals surface area (Å²) in [5.41, 5.74) is 2.92. The Kier molecular flexibility index (Phi) is 4.28. The summed E-state index contributed by atoms with van der Waals surface area (Å²) in [5, 5.41) is 4.07. The molecular weight excluding hydrogens is 318 g/mol. The molecule has 4 nitrogen and oxygen atoms in total. The number of nitrogens with one attached hydrogen (secondary N) is 1. The molecular formula is C12H13BrF2N4. The van der Waals surface area contributed by atoms with Gasteiger partial charge in [0.1, 0.15) is 11.6 Å². The van der Waals surface area contributed by atoms with Gasteiger partial charge in [0.2, 0.25) is 0 Å². The van der Waals surface area contributed by atoms with E-state index in [1.165, 1.54) is 12.1 Å². The smallest absolute Gasteiger partial charge is 0.132 e. The maximum absolute atomic E-state index is 14.0. The molecule has 1 aromatic heterocycles. The molecule has 0 spiro atoms. The molecule has 1 aromatic carbocycles. The van der Waals surface area contributed by atoms with Crippen LogP contribution in [0.15, 0.2) is 28.9 Å². The number of aromatic nitrogens is 2. The Morgan fingerprint density at radius 1 is 1.42 bits per heavy atom. The topological polar surface area (TPSA) is 55.9 Å². The van der Waals surface area contributed by atoms with Crippen molar-refractivity contribution < 1.29 is 8.78 Å². The van der Waals surface area contributed by atoms with E-state index in [0.717, 1.165) is 0 Å².